The van der Waals surface area contributed by atoms with E-state index in [1.54, 1.807) is 0 Å². The summed E-state index contributed by atoms with van der Waals surface area (Å²) < 4.78 is 2.20. The molecule has 0 fully saturated rings. The highest BCUT2D eigenvalue weighted by atomic mass is 32.1. The van der Waals surface area contributed by atoms with Gasteiger partial charge < -0.3 is 9.88 Å². The van der Waals surface area contributed by atoms with Crippen molar-refractivity contribution in [3.63, 3.8) is 0 Å². The van der Waals surface area contributed by atoms with Crippen molar-refractivity contribution in [2.24, 2.45) is 0 Å². The predicted octanol–water partition coefficient (Wildman–Crippen LogP) is 3.32. The summed E-state index contributed by atoms with van der Waals surface area (Å²) in [4.78, 5) is 5.93. The summed E-state index contributed by atoms with van der Waals surface area (Å²) in [6.07, 6.45) is 3.18. The summed E-state index contributed by atoms with van der Waals surface area (Å²) in [6.45, 7) is 7.28. The average Bonchev–Trinajstić information content (AvgIpc) is 2.84. The fourth-order valence-corrected chi connectivity index (χ4v) is 2.47. The Morgan fingerprint density at radius 2 is 2.29 bits per heavy atom. The molecule has 0 radical (unpaired) electrons. The molecule has 0 bridgehead atoms. The molecule has 2 aromatic rings. The van der Waals surface area contributed by atoms with Crippen molar-refractivity contribution in [3.8, 4) is 0 Å². The van der Waals surface area contributed by atoms with Gasteiger partial charge in [-0.3, -0.25) is 0 Å². The van der Waals surface area contributed by atoms with Crippen molar-refractivity contribution in [1.82, 2.24) is 9.55 Å². The summed E-state index contributed by atoms with van der Waals surface area (Å²) in [6, 6.07) is 4.70. The third-order valence-electron chi connectivity index (χ3n) is 2.49. The van der Waals surface area contributed by atoms with Crippen LogP contribution in [0.4, 0.5) is 5.95 Å². The molecule has 0 unspecified atom stereocenters. The van der Waals surface area contributed by atoms with E-state index in [0.717, 1.165) is 24.6 Å². The van der Waals surface area contributed by atoms with Crippen LogP contribution < -0.4 is 5.32 Å². The molecule has 92 valence electrons. The third-order valence-corrected chi connectivity index (χ3v) is 3.43. The van der Waals surface area contributed by atoms with Crippen molar-refractivity contribution < 1.29 is 0 Å². The van der Waals surface area contributed by atoms with Crippen LogP contribution in [0.5, 0.6) is 0 Å². The van der Waals surface area contributed by atoms with E-state index < -0.39 is 0 Å². The first-order chi connectivity index (χ1) is 8.15. The molecule has 0 aliphatic carbocycles. The quantitative estimate of drug-likeness (QED) is 0.881. The van der Waals surface area contributed by atoms with Crippen molar-refractivity contribution in [1.29, 1.82) is 0 Å². The molecule has 0 aliphatic rings. The Bertz CT molecular complexity index is 457. The highest BCUT2D eigenvalue weighted by Gasteiger charge is 2.06. The molecule has 2 aromatic heterocycles. The van der Waals surface area contributed by atoms with Crippen LogP contribution in [0.15, 0.2) is 23.7 Å². The van der Waals surface area contributed by atoms with E-state index in [4.69, 9.17) is 0 Å². The highest BCUT2D eigenvalue weighted by molar-refractivity contribution is 7.09. The zero-order valence-electron chi connectivity index (χ0n) is 10.6. The molecule has 2 heterocycles. The molecule has 0 spiro atoms. The lowest BCUT2D eigenvalue weighted by Crippen LogP contribution is -2.15. The molecule has 1 N–H and O–H groups in total. The van der Waals surface area contributed by atoms with Gasteiger partial charge in [-0.1, -0.05) is 6.07 Å². The van der Waals surface area contributed by atoms with Gasteiger partial charge in [0.2, 0.25) is 5.95 Å². The molecule has 0 aliphatic heterocycles. The van der Waals surface area contributed by atoms with Crippen LogP contribution >= 0.6 is 11.3 Å². The van der Waals surface area contributed by atoms with E-state index in [2.05, 4.69) is 52.4 Å². The molecule has 2 rings (SSSR count). The van der Waals surface area contributed by atoms with E-state index >= 15 is 0 Å². The van der Waals surface area contributed by atoms with Crippen molar-refractivity contribution >= 4 is 17.3 Å². The van der Waals surface area contributed by atoms with Crippen LogP contribution in [0.3, 0.4) is 0 Å². The number of imidazole rings is 1. The number of nitrogens with zero attached hydrogens (tertiary/aromatic N) is 2. The number of hydrogen-bond donors (Lipinski definition) is 1. The highest BCUT2D eigenvalue weighted by Crippen LogP contribution is 2.14. The number of hydrogen-bond acceptors (Lipinski definition) is 3. The second-order valence-corrected chi connectivity index (χ2v) is 5.56. The number of nitrogens with one attached hydrogen (secondary N) is 1. The van der Waals surface area contributed by atoms with Gasteiger partial charge >= 0.3 is 0 Å². The van der Waals surface area contributed by atoms with Gasteiger partial charge in [-0.05, 0) is 38.6 Å². The minimum Gasteiger partial charge on any atom is -0.353 e. The molecule has 17 heavy (non-hydrogen) atoms. The summed E-state index contributed by atoms with van der Waals surface area (Å²) in [5, 5.41) is 5.51. The number of thiophene rings is 1. The molecule has 0 amide bonds. The Morgan fingerprint density at radius 1 is 1.47 bits per heavy atom. The van der Waals surface area contributed by atoms with Gasteiger partial charge in [-0.15, -0.1) is 11.3 Å². The molecular weight excluding hydrogens is 230 g/mol. The van der Waals surface area contributed by atoms with Gasteiger partial charge in [-0.25, -0.2) is 4.98 Å². The number of aromatic nitrogens is 2. The monoisotopic (exact) mass is 249 g/mol. The van der Waals surface area contributed by atoms with Crippen LogP contribution in [-0.2, 0) is 13.0 Å². The van der Waals surface area contributed by atoms with Gasteiger partial charge in [0.1, 0.15) is 0 Å². The third kappa shape index (κ3) is 3.33. The first-order valence-electron chi connectivity index (χ1n) is 5.98. The van der Waals surface area contributed by atoms with Gasteiger partial charge in [-0.2, -0.15) is 0 Å². The minimum atomic E-state index is 0.414. The largest absolute Gasteiger partial charge is 0.353 e. The van der Waals surface area contributed by atoms with Gasteiger partial charge in [0.25, 0.3) is 0 Å². The number of anilines is 1. The maximum atomic E-state index is 4.51. The number of rotatable bonds is 5. The zero-order chi connectivity index (χ0) is 12.3. The fourth-order valence-electron chi connectivity index (χ4n) is 1.78. The maximum Gasteiger partial charge on any atom is 0.203 e. The van der Waals surface area contributed by atoms with Crippen LogP contribution in [-0.4, -0.2) is 15.6 Å². The van der Waals surface area contributed by atoms with E-state index in [9.17, 15) is 0 Å². The Kier molecular flexibility index (Phi) is 3.84. The predicted molar refractivity (Wildman–Crippen MR) is 73.7 cm³/mol. The van der Waals surface area contributed by atoms with Crippen LogP contribution in [0, 0.1) is 6.92 Å². The maximum absolute atomic E-state index is 4.51. The van der Waals surface area contributed by atoms with E-state index in [0.29, 0.717) is 6.04 Å². The van der Waals surface area contributed by atoms with Gasteiger partial charge in [0.15, 0.2) is 0 Å². The standard InChI is InChI=1S/C13H19N3S/c1-10(2)14-13-15-11(3)9-16(13)7-6-12-5-4-8-17-12/h4-5,8-10H,6-7H2,1-3H3,(H,14,15). The lowest BCUT2D eigenvalue weighted by molar-refractivity contribution is 0.696. The summed E-state index contributed by atoms with van der Waals surface area (Å²) in [7, 11) is 0. The summed E-state index contributed by atoms with van der Waals surface area (Å²) >= 11 is 1.81. The van der Waals surface area contributed by atoms with Crippen LogP contribution in [0.1, 0.15) is 24.4 Å². The molecule has 0 atom stereocenters. The van der Waals surface area contributed by atoms with Crippen LogP contribution in [0.25, 0.3) is 0 Å². The SMILES string of the molecule is Cc1cn(CCc2cccs2)c(NC(C)C)n1. The molecule has 0 saturated carbocycles. The van der Waals surface area contributed by atoms with Gasteiger partial charge in [0, 0.05) is 23.7 Å². The lowest BCUT2D eigenvalue weighted by atomic mass is 10.3. The Labute approximate surface area is 107 Å². The summed E-state index contributed by atoms with van der Waals surface area (Å²) in [5.74, 6) is 0.981. The van der Waals surface area contributed by atoms with Crippen molar-refractivity contribution in [2.45, 2.75) is 39.8 Å². The first kappa shape index (κ1) is 12.2. The summed E-state index contributed by atoms with van der Waals surface area (Å²) in [5.41, 5.74) is 1.07. The van der Waals surface area contributed by atoms with E-state index in [1.807, 2.05) is 18.3 Å². The molecule has 0 aromatic carbocycles. The topological polar surface area (TPSA) is 29.9 Å². The molecular formula is C13H19N3S. The number of aryl methyl sites for hydroxylation is 3. The molecule has 4 heteroatoms. The van der Waals surface area contributed by atoms with Crippen molar-refractivity contribution in [2.75, 3.05) is 5.32 Å². The minimum absolute atomic E-state index is 0.414. The second kappa shape index (κ2) is 5.36. The van der Waals surface area contributed by atoms with Gasteiger partial charge in [0.05, 0.1) is 5.69 Å². The second-order valence-electron chi connectivity index (χ2n) is 4.53. The Hall–Kier alpha value is -1.29. The average molecular weight is 249 g/mol. The Morgan fingerprint density at radius 3 is 2.94 bits per heavy atom. The molecule has 0 saturated heterocycles. The van der Waals surface area contributed by atoms with Crippen molar-refractivity contribution in [3.05, 3.63) is 34.3 Å². The molecule has 3 nitrogen and oxygen atoms in total. The smallest absolute Gasteiger partial charge is 0.203 e. The fraction of sp³-hybridized carbons (Fsp3) is 0.462. The first-order valence-corrected chi connectivity index (χ1v) is 6.86. The van der Waals surface area contributed by atoms with E-state index in [-0.39, 0.29) is 0 Å². The van der Waals surface area contributed by atoms with E-state index in [1.165, 1.54) is 4.88 Å². The lowest BCUT2D eigenvalue weighted by Gasteiger charge is -2.11. The normalized spacial score (nSPS) is 11.1. The van der Waals surface area contributed by atoms with Crippen LogP contribution in [0.2, 0.25) is 0 Å². The Balaban J connectivity index is 2.04. The zero-order valence-corrected chi connectivity index (χ0v) is 11.4.